The number of carboxylic acids is 1. The molecule has 0 spiro atoms. The van der Waals surface area contributed by atoms with E-state index in [0.717, 1.165) is 11.4 Å². The number of para-hydroxylation sites is 1. The van der Waals surface area contributed by atoms with E-state index in [1.54, 1.807) is 18.7 Å². The molecule has 1 heterocycles. The van der Waals surface area contributed by atoms with Crippen LogP contribution >= 0.6 is 12.4 Å². The van der Waals surface area contributed by atoms with Gasteiger partial charge in [-0.3, -0.25) is 14.5 Å². The molecule has 2 aromatic rings. The monoisotopic (exact) mass is 366 g/mol. The number of rotatable bonds is 6. The fraction of sp³-hybridized carbons (Fsp3) is 0.353. The Morgan fingerprint density at radius 2 is 1.88 bits per heavy atom. The van der Waals surface area contributed by atoms with Crippen molar-refractivity contribution in [2.75, 3.05) is 18.9 Å². The predicted molar refractivity (Wildman–Crippen MR) is 98.6 cm³/mol. The number of anilines is 1. The number of carbonyl (C=O) groups is 2. The smallest absolute Gasteiger partial charge is 0.320 e. The molecular formula is C17H23ClN4O3. The normalized spacial score (nSPS) is 11.7. The summed E-state index contributed by atoms with van der Waals surface area (Å²) < 4.78 is 1.77. The van der Waals surface area contributed by atoms with Gasteiger partial charge in [-0.15, -0.1) is 12.4 Å². The van der Waals surface area contributed by atoms with Crippen LogP contribution in [0.15, 0.2) is 30.3 Å². The first kappa shape index (κ1) is 20.7. The zero-order valence-electron chi connectivity index (χ0n) is 14.7. The van der Waals surface area contributed by atoms with Crippen LogP contribution in [0.5, 0.6) is 0 Å². The Kier molecular flexibility index (Phi) is 7.14. The Balaban J connectivity index is 0.00000312. The lowest BCUT2D eigenvalue weighted by molar-refractivity contribution is -0.142. The number of carbonyl (C=O) groups excluding carboxylic acids is 1. The van der Waals surface area contributed by atoms with Crippen molar-refractivity contribution in [1.29, 1.82) is 0 Å². The van der Waals surface area contributed by atoms with Crippen LogP contribution in [-0.2, 0) is 9.59 Å². The van der Waals surface area contributed by atoms with Gasteiger partial charge in [0.05, 0.1) is 29.3 Å². The zero-order valence-corrected chi connectivity index (χ0v) is 15.5. The average molecular weight is 367 g/mol. The van der Waals surface area contributed by atoms with E-state index in [4.69, 9.17) is 5.11 Å². The minimum Gasteiger partial charge on any atom is -0.480 e. The number of carboxylic acid groups (broad SMARTS) is 1. The Morgan fingerprint density at radius 1 is 1.28 bits per heavy atom. The summed E-state index contributed by atoms with van der Waals surface area (Å²) in [7, 11) is 1.60. The second-order valence-electron chi connectivity index (χ2n) is 5.77. The molecule has 7 nitrogen and oxygen atoms in total. The molecule has 0 aliphatic heterocycles. The molecule has 136 valence electrons. The molecule has 0 bridgehead atoms. The SMILES string of the molecule is Cc1nn(-c2ccccc2)c(C)c1NC(=O)CN(C)C(C)C(=O)O.Cl. The lowest BCUT2D eigenvalue weighted by atomic mass is 10.2. The number of halogens is 1. The summed E-state index contributed by atoms with van der Waals surface area (Å²) >= 11 is 0. The lowest BCUT2D eigenvalue weighted by Crippen LogP contribution is -2.40. The largest absolute Gasteiger partial charge is 0.480 e. The van der Waals surface area contributed by atoms with Crippen LogP contribution in [0.2, 0.25) is 0 Å². The standard InChI is InChI=1S/C17H22N4O3.ClH/c1-11-16(18-15(22)10-20(4)13(3)17(23)24)12(2)21(19-11)14-8-6-5-7-9-14;/h5-9,13H,10H2,1-4H3,(H,18,22)(H,23,24);1H. The minimum absolute atomic E-state index is 0. The first-order chi connectivity index (χ1) is 11.3. The van der Waals surface area contributed by atoms with E-state index in [1.165, 1.54) is 4.90 Å². The van der Waals surface area contributed by atoms with Crippen LogP contribution in [0.3, 0.4) is 0 Å². The van der Waals surface area contributed by atoms with Gasteiger partial charge in [0.1, 0.15) is 6.04 Å². The van der Waals surface area contributed by atoms with Gasteiger partial charge in [0.15, 0.2) is 0 Å². The maximum absolute atomic E-state index is 12.2. The van der Waals surface area contributed by atoms with Gasteiger partial charge in [-0.1, -0.05) is 18.2 Å². The molecule has 1 atom stereocenters. The molecule has 1 aromatic heterocycles. The zero-order chi connectivity index (χ0) is 17.9. The van der Waals surface area contributed by atoms with Crippen LogP contribution in [-0.4, -0.2) is 51.3 Å². The number of benzene rings is 1. The van der Waals surface area contributed by atoms with E-state index in [2.05, 4.69) is 10.4 Å². The maximum atomic E-state index is 12.2. The molecule has 0 saturated carbocycles. The fourth-order valence-electron chi connectivity index (χ4n) is 2.38. The van der Waals surface area contributed by atoms with Crippen LogP contribution in [0.4, 0.5) is 5.69 Å². The Hall–Kier alpha value is -2.38. The molecule has 1 amide bonds. The van der Waals surface area contributed by atoms with Crippen molar-refractivity contribution in [3.8, 4) is 5.69 Å². The minimum atomic E-state index is -0.963. The molecule has 0 fully saturated rings. The van der Waals surface area contributed by atoms with E-state index in [9.17, 15) is 9.59 Å². The van der Waals surface area contributed by atoms with Crippen molar-refractivity contribution >= 4 is 30.0 Å². The van der Waals surface area contributed by atoms with Crippen molar-refractivity contribution in [2.45, 2.75) is 26.8 Å². The highest BCUT2D eigenvalue weighted by atomic mass is 35.5. The molecular weight excluding hydrogens is 344 g/mol. The molecule has 8 heteroatoms. The highest BCUT2D eigenvalue weighted by Crippen LogP contribution is 2.22. The van der Waals surface area contributed by atoms with Crippen molar-refractivity contribution < 1.29 is 14.7 Å². The highest BCUT2D eigenvalue weighted by Gasteiger charge is 2.21. The topological polar surface area (TPSA) is 87.5 Å². The van der Waals surface area contributed by atoms with Crippen LogP contribution < -0.4 is 5.32 Å². The van der Waals surface area contributed by atoms with Gasteiger partial charge in [0.25, 0.3) is 0 Å². The quantitative estimate of drug-likeness (QED) is 0.818. The number of amides is 1. The van der Waals surface area contributed by atoms with Crippen molar-refractivity contribution in [1.82, 2.24) is 14.7 Å². The second kappa shape index (κ2) is 8.64. The highest BCUT2D eigenvalue weighted by molar-refractivity contribution is 5.93. The summed E-state index contributed by atoms with van der Waals surface area (Å²) in [6.45, 7) is 5.24. The number of likely N-dealkylation sites (N-methyl/N-ethyl adjacent to an activating group) is 1. The van der Waals surface area contributed by atoms with Gasteiger partial charge >= 0.3 is 5.97 Å². The number of nitrogens with one attached hydrogen (secondary N) is 1. The second-order valence-corrected chi connectivity index (χ2v) is 5.77. The number of hydrogen-bond donors (Lipinski definition) is 2. The van der Waals surface area contributed by atoms with Gasteiger partial charge in [0, 0.05) is 0 Å². The van der Waals surface area contributed by atoms with Crippen LogP contribution in [0, 0.1) is 13.8 Å². The molecule has 25 heavy (non-hydrogen) atoms. The molecule has 0 aliphatic rings. The summed E-state index contributed by atoms with van der Waals surface area (Å²) in [5.41, 5.74) is 3.09. The molecule has 0 saturated heterocycles. The summed E-state index contributed by atoms with van der Waals surface area (Å²) in [6.07, 6.45) is 0. The summed E-state index contributed by atoms with van der Waals surface area (Å²) in [4.78, 5) is 24.7. The van der Waals surface area contributed by atoms with E-state index in [-0.39, 0.29) is 24.9 Å². The number of hydrogen-bond acceptors (Lipinski definition) is 4. The Bertz CT molecular complexity index is 746. The Morgan fingerprint density at radius 3 is 2.44 bits per heavy atom. The van der Waals surface area contributed by atoms with Crippen LogP contribution in [0.25, 0.3) is 5.69 Å². The predicted octanol–water partition coefficient (Wildman–Crippen LogP) is 2.25. The number of nitrogens with zero attached hydrogens (tertiary/aromatic N) is 3. The molecule has 0 radical (unpaired) electrons. The number of aromatic nitrogens is 2. The maximum Gasteiger partial charge on any atom is 0.320 e. The van der Waals surface area contributed by atoms with Crippen molar-refractivity contribution in [2.24, 2.45) is 0 Å². The van der Waals surface area contributed by atoms with E-state index in [1.807, 2.05) is 44.2 Å². The van der Waals surface area contributed by atoms with Gasteiger partial charge < -0.3 is 10.4 Å². The molecule has 0 aliphatic carbocycles. The van der Waals surface area contributed by atoms with Gasteiger partial charge in [0.2, 0.25) is 5.91 Å². The van der Waals surface area contributed by atoms with Crippen molar-refractivity contribution in [3.63, 3.8) is 0 Å². The molecule has 1 aromatic carbocycles. The van der Waals surface area contributed by atoms with E-state index in [0.29, 0.717) is 11.4 Å². The first-order valence-corrected chi connectivity index (χ1v) is 7.65. The lowest BCUT2D eigenvalue weighted by Gasteiger charge is -2.20. The third-order valence-corrected chi connectivity index (χ3v) is 3.97. The van der Waals surface area contributed by atoms with E-state index < -0.39 is 12.0 Å². The summed E-state index contributed by atoms with van der Waals surface area (Å²) in [5, 5.41) is 16.3. The molecule has 1 unspecified atom stereocenters. The first-order valence-electron chi connectivity index (χ1n) is 7.65. The third kappa shape index (κ3) is 4.80. The van der Waals surface area contributed by atoms with Gasteiger partial charge in [-0.25, -0.2) is 4.68 Å². The molecule has 2 N–H and O–H groups in total. The van der Waals surface area contributed by atoms with Gasteiger partial charge in [-0.05, 0) is 40.0 Å². The fourth-order valence-corrected chi connectivity index (χ4v) is 2.38. The van der Waals surface area contributed by atoms with E-state index >= 15 is 0 Å². The van der Waals surface area contributed by atoms with Gasteiger partial charge in [-0.2, -0.15) is 5.10 Å². The average Bonchev–Trinajstić information content (AvgIpc) is 2.82. The summed E-state index contributed by atoms with van der Waals surface area (Å²) in [5.74, 6) is -1.24. The molecule has 2 rings (SSSR count). The third-order valence-electron chi connectivity index (χ3n) is 3.97. The summed E-state index contributed by atoms with van der Waals surface area (Å²) in [6, 6.07) is 8.92. The number of aliphatic carboxylic acids is 1. The van der Waals surface area contributed by atoms with Crippen molar-refractivity contribution in [3.05, 3.63) is 41.7 Å². The Labute approximate surface area is 153 Å². The number of aryl methyl sites for hydroxylation is 1. The van der Waals surface area contributed by atoms with Crippen LogP contribution in [0.1, 0.15) is 18.3 Å².